The predicted molar refractivity (Wildman–Crippen MR) is 18.6 cm³/mol. The van der Waals surface area contributed by atoms with Crippen LogP contribution in [0.1, 0.15) is 13.3 Å². The van der Waals surface area contributed by atoms with Crippen LogP contribution in [0.4, 0.5) is 0 Å². The fourth-order valence-corrected chi connectivity index (χ4v) is 0. The molecular weight excluding hydrogens is 185 g/mol. The van der Waals surface area contributed by atoms with Crippen LogP contribution in [0.15, 0.2) is 0 Å². The van der Waals surface area contributed by atoms with Gasteiger partial charge in [0.1, 0.15) is 0 Å². The van der Waals surface area contributed by atoms with E-state index < -0.39 is 5.97 Å². The molecule has 0 aliphatic carbocycles. The van der Waals surface area contributed by atoms with E-state index in [4.69, 9.17) is 8.68 Å². The molecule has 0 unspecified atom stereocenters. The quantitative estimate of drug-likeness (QED) is 0.609. The molecule has 7 heavy (non-hydrogen) atoms. The molecule has 0 heterocycles. The SMILES string of the molecule is CCC(=O)O.[O]=[Ru]. The molecule has 0 aliphatic rings. The van der Waals surface area contributed by atoms with Crippen molar-refractivity contribution in [3.63, 3.8) is 0 Å². The predicted octanol–water partition coefficient (Wildman–Crippen LogP) is 0.360. The molecule has 0 fully saturated rings. The third-order valence-electron chi connectivity index (χ3n) is 0.302. The molecular formula is C3H6O3Ru. The second-order valence-corrected chi connectivity index (χ2v) is 0.747. The van der Waals surface area contributed by atoms with E-state index in [0.717, 1.165) is 18.3 Å². The molecule has 0 bridgehead atoms. The number of rotatable bonds is 1. The van der Waals surface area contributed by atoms with E-state index in [9.17, 15) is 4.79 Å². The first kappa shape index (κ1) is 10.00. The van der Waals surface area contributed by atoms with Gasteiger partial charge in [0, 0.05) is 6.42 Å². The molecule has 0 aliphatic heterocycles. The van der Waals surface area contributed by atoms with Gasteiger partial charge in [-0.1, -0.05) is 6.92 Å². The summed E-state index contributed by atoms with van der Waals surface area (Å²) in [6, 6.07) is 0. The average Bonchev–Trinajstić information content (AvgIpc) is 1.73. The molecule has 0 rings (SSSR count). The molecule has 0 aromatic heterocycles. The van der Waals surface area contributed by atoms with Crippen LogP contribution in [0.3, 0.4) is 0 Å². The van der Waals surface area contributed by atoms with Crippen molar-refractivity contribution in [3.8, 4) is 0 Å². The van der Waals surface area contributed by atoms with E-state index in [1.165, 1.54) is 0 Å². The summed E-state index contributed by atoms with van der Waals surface area (Å²) >= 11 is 1.10. The normalized spacial score (nSPS) is 6.00. The van der Waals surface area contributed by atoms with E-state index in [1.807, 2.05) is 0 Å². The van der Waals surface area contributed by atoms with Crippen LogP contribution in [0.25, 0.3) is 0 Å². The van der Waals surface area contributed by atoms with Gasteiger partial charge in [0.25, 0.3) is 0 Å². The van der Waals surface area contributed by atoms with Crippen LogP contribution in [-0.4, -0.2) is 11.1 Å². The Morgan fingerprint density at radius 3 is 1.86 bits per heavy atom. The number of aliphatic carboxylic acids is 1. The fraction of sp³-hybridized carbons (Fsp3) is 0.667. The Morgan fingerprint density at radius 1 is 1.71 bits per heavy atom. The van der Waals surface area contributed by atoms with E-state index in [0.29, 0.717) is 0 Å². The van der Waals surface area contributed by atoms with Crippen molar-refractivity contribution in [2.24, 2.45) is 0 Å². The Hall–Kier alpha value is -0.107. The van der Waals surface area contributed by atoms with Gasteiger partial charge < -0.3 is 5.11 Å². The maximum absolute atomic E-state index is 9.37. The monoisotopic (exact) mass is 192 g/mol. The first-order chi connectivity index (χ1) is 3.27. The molecule has 4 heteroatoms. The second-order valence-electron chi connectivity index (χ2n) is 0.747. The molecule has 44 valence electrons. The maximum atomic E-state index is 9.37. The average molecular weight is 191 g/mol. The van der Waals surface area contributed by atoms with Crippen molar-refractivity contribution in [1.82, 2.24) is 0 Å². The van der Waals surface area contributed by atoms with E-state index in [2.05, 4.69) is 0 Å². The van der Waals surface area contributed by atoms with Crippen molar-refractivity contribution < 1.29 is 31.7 Å². The Kier molecular flexibility index (Phi) is 13.3. The molecule has 0 atom stereocenters. The minimum absolute atomic E-state index is 0.222. The van der Waals surface area contributed by atoms with Crippen LogP contribution in [0.5, 0.6) is 0 Å². The van der Waals surface area contributed by atoms with Crippen molar-refractivity contribution >= 4 is 5.97 Å². The molecule has 0 amide bonds. The topological polar surface area (TPSA) is 54.4 Å². The molecule has 0 spiro atoms. The molecule has 0 aromatic carbocycles. The van der Waals surface area contributed by atoms with Gasteiger partial charge in [-0.3, -0.25) is 4.79 Å². The van der Waals surface area contributed by atoms with Gasteiger partial charge in [-0.2, -0.15) is 0 Å². The fourth-order valence-electron chi connectivity index (χ4n) is 0. The molecule has 0 aromatic rings. The van der Waals surface area contributed by atoms with Crippen LogP contribution in [-0.2, 0) is 26.6 Å². The van der Waals surface area contributed by atoms with Gasteiger partial charge in [0.15, 0.2) is 0 Å². The Labute approximate surface area is 51.7 Å². The third-order valence-corrected chi connectivity index (χ3v) is 0.302. The minimum atomic E-state index is -0.745. The number of hydrogen-bond acceptors (Lipinski definition) is 2. The van der Waals surface area contributed by atoms with Crippen LogP contribution < -0.4 is 0 Å². The van der Waals surface area contributed by atoms with Gasteiger partial charge in [-0.05, 0) is 0 Å². The molecule has 0 radical (unpaired) electrons. The summed E-state index contributed by atoms with van der Waals surface area (Å²) in [7, 11) is 0. The Bertz CT molecular complexity index is 54.1. The molecule has 3 nitrogen and oxygen atoms in total. The van der Waals surface area contributed by atoms with Crippen LogP contribution in [0.2, 0.25) is 0 Å². The Morgan fingerprint density at radius 2 is 1.86 bits per heavy atom. The molecule has 0 saturated carbocycles. The van der Waals surface area contributed by atoms with Crippen molar-refractivity contribution in [1.29, 1.82) is 0 Å². The zero-order chi connectivity index (χ0) is 6.28. The third kappa shape index (κ3) is 24.9. The van der Waals surface area contributed by atoms with Crippen molar-refractivity contribution in [2.45, 2.75) is 13.3 Å². The summed E-state index contributed by atoms with van der Waals surface area (Å²) in [5.41, 5.74) is 0. The van der Waals surface area contributed by atoms with Gasteiger partial charge in [0.2, 0.25) is 0 Å². The summed E-state index contributed by atoms with van der Waals surface area (Å²) in [6.45, 7) is 1.60. The van der Waals surface area contributed by atoms with Crippen LogP contribution in [0, 0.1) is 0 Å². The van der Waals surface area contributed by atoms with Gasteiger partial charge >= 0.3 is 27.8 Å². The number of carboxylic acids is 1. The van der Waals surface area contributed by atoms with E-state index in [1.54, 1.807) is 6.92 Å². The summed E-state index contributed by atoms with van der Waals surface area (Å²) in [5.74, 6) is -0.745. The molecule has 1 N–H and O–H groups in total. The number of carboxylic acid groups (broad SMARTS) is 1. The Balaban J connectivity index is 0. The summed E-state index contributed by atoms with van der Waals surface area (Å²) in [4.78, 5) is 9.37. The summed E-state index contributed by atoms with van der Waals surface area (Å²) < 4.78 is 8.18. The first-order valence-electron chi connectivity index (χ1n) is 1.63. The first-order valence-corrected chi connectivity index (χ1v) is 2.34. The van der Waals surface area contributed by atoms with Gasteiger partial charge in [-0.25, -0.2) is 0 Å². The zero-order valence-electron chi connectivity index (χ0n) is 3.82. The molecule has 0 saturated heterocycles. The summed E-state index contributed by atoms with van der Waals surface area (Å²) in [5, 5.41) is 7.72. The van der Waals surface area contributed by atoms with Gasteiger partial charge in [-0.15, -0.1) is 0 Å². The van der Waals surface area contributed by atoms with Crippen molar-refractivity contribution in [3.05, 3.63) is 0 Å². The number of carbonyl (C=O) groups is 1. The van der Waals surface area contributed by atoms with Crippen LogP contribution >= 0.6 is 0 Å². The van der Waals surface area contributed by atoms with Gasteiger partial charge in [0.05, 0.1) is 0 Å². The number of hydrogen-bond donors (Lipinski definition) is 1. The zero-order valence-corrected chi connectivity index (χ0v) is 5.56. The summed E-state index contributed by atoms with van der Waals surface area (Å²) in [6.07, 6.45) is 0.222. The van der Waals surface area contributed by atoms with E-state index in [-0.39, 0.29) is 6.42 Å². The van der Waals surface area contributed by atoms with Crippen molar-refractivity contribution in [2.75, 3.05) is 0 Å². The van der Waals surface area contributed by atoms with E-state index >= 15 is 0 Å². The second kappa shape index (κ2) is 9.31. The standard InChI is InChI=1S/C3H6O2.O.Ru/c1-2-3(4)5;;/h2H2,1H3,(H,4,5);;.